The number of nitrogens with one attached hydrogen (secondary N) is 1. The van der Waals surface area contributed by atoms with Gasteiger partial charge in [0.05, 0.1) is 6.54 Å². The van der Waals surface area contributed by atoms with Gasteiger partial charge >= 0.3 is 0 Å². The lowest BCUT2D eigenvalue weighted by atomic mass is 10.3. The number of rotatable bonds is 5. The van der Waals surface area contributed by atoms with Crippen molar-refractivity contribution >= 4 is 0 Å². The van der Waals surface area contributed by atoms with Crippen LogP contribution in [0.4, 0.5) is 0 Å². The summed E-state index contributed by atoms with van der Waals surface area (Å²) < 4.78 is 1.84. The minimum Gasteiger partial charge on any atom is -0.312 e. The third kappa shape index (κ3) is 3.00. The summed E-state index contributed by atoms with van der Waals surface area (Å²) in [5.74, 6) is 0. The Kier molecular flexibility index (Phi) is 3.73. The molecule has 0 bridgehead atoms. The first kappa shape index (κ1) is 9.19. The molecule has 1 N–H and O–H groups in total. The Morgan fingerprint density at radius 1 is 1.58 bits per heavy atom. The van der Waals surface area contributed by atoms with Crippen LogP contribution in [0.15, 0.2) is 12.7 Å². The fourth-order valence-corrected chi connectivity index (χ4v) is 1.06. The molecule has 0 aliphatic carbocycles. The van der Waals surface area contributed by atoms with Gasteiger partial charge in [0.2, 0.25) is 0 Å². The number of hydrogen-bond acceptors (Lipinski definition) is 3. The molecule has 1 heterocycles. The topological polar surface area (TPSA) is 42.7 Å². The fourth-order valence-electron chi connectivity index (χ4n) is 1.06. The Labute approximate surface area is 73.0 Å². The smallest absolute Gasteiger partial charge is 0.137 e. The van der Waals surface area contributed by atoms with Crippen molar-refractivity contribution < 1.29 is 0 Å². The van der Waals surface area contributed by atoms with Gasteiger partial charge in [0, 0.05) is 6.04 Å². The Morgan fingerprint density at radius 3 is 3.00 bits per heavy atom. The SMILES string of the molecule is CCCNC(C)Cn1cncn1. The first-order chi connectivity index (χ1) is 5.83. The van der Waals surface area contributed by atoms with E-state index < -0.39 is 0 Å². The van der Waals surface area contributed by atoms with E-state index in [4.69, 9.17) is 0 Å². The van der Waals surface area contributed by atoms with Gasteiger partial charge in [-0.05, 0) is 19.9 Å². The Morgan fingerprint density at radius 2 is 2.42 bits per heavy atom. The van der Waals surface area contributed by atoms with Gasteiger partial charge in [-0.15, -0.1) is 0 Å². The second-order valence-electron chi connectivity index (χ2n) is 2.97. The van der Waals surface area contributed by atoms with Gasteiger partial charge in [-0.1, -0.05) is 6.92 Å². The van der Waals surface area contributed by atoms with Crippen LogP contribution in [0.1, 0.15) is 20.3 Å². The van der Waals surface area contributed by atoms with Crippen LogP contribution in [0.3, 0.4) is 0 Å². The summed E-state index contributed by atoms with van der Waals surface area (Å²) in [4.78, 5) is 3.88. The van der Waals surface area contributed by atoms with Crippen molar-refractivity contribution in [2.24, 2.45) is 0 Å². The molecule has 0 aromatic carbocycles. The van der Waals surface area contributed by atoms with E-state index in [0.717, 1.165) is 13.1 Å². The molecule has 1 rings (SSSR count). The zero-order chi connectivity index (χ0) is 8.81. The molecule has 1 unspecified atom stereocenters. The normalized spacial score (nSPS) is 13.2. The quantitative estimate of drug-likeness (QED) is 0.702. The van der Waals surface area contributed by atoms with Gasteiger partial charge in [0.15, 0.2) is 0 Å². The summed E-state index contributed by atoms with van der Waals surface area (Å²) in [5.41, 5.74) is 0. The summed E-state index contributed by atoms with van der Waals surface area (Å²) in [6.07, 6.45) is 4.47. The van der Waals surface area contributed by atoms with Crippen molar-refractivity contribution in [2.45, 2.75) is 32.9 Å². The minimum atomic E-state index is 0.464. The molecule has 4 nitrogen and oxygen atoms in total. The van der Waals surface area contributed by atoms with Crippen LogP contribution in [0.25, 0.3) is 0 Å². The summed E-state index contributed by atoms with van der Waals surface area (Å²) in [7, 11) is 0. The summed E-state index contributed by atoms with van der Waals surface area (Å²) in [5, 5.41) is 7.41. The van der Waals surface area contributed by atoms with Crippen LogP contribution in [-0.2, 0) is 6.54 Å². The van der Waals surface area contributed by atoms with E-state index in [1.165, 1.54) is 6.42 Å². The molecular formula is C8H16N4. The lowest BCUT2D eigenvalue weighted by Crippen LogP contribution is -2.31. The highest BCUT2D eigenvalue weighted by atomic mass is 15.3. The van der Waals surface area contributed by atoms with Crippen LogP contribution < -0.4 is 5.32 Å². The molecule has 68 valence electrons. The second kappa shape index (κ2) is 4.87. The average molecular weight is 168 g/mol. The van der Waals surface area contributed by atoms with E-state index in [-0.39, 0.29) is 0 Å². The van der Waals surface area contributed by atoms with Gasteiger partial charge in [0.1, 0.15) is 12.7 Å². The standard InChI is InChI=1S/C8H16N4/c1-3-4-10-8(2)5-12-7-9-6-11-12/h6-8,10H,3-5H2,1-2H3. The molecule has 0 radical (unpaired) electrons. The average Bonchev–Trinajstić information content (AvgIpc) is 2.53. The van der Waals surface area contributed by atoms with Crippen LogP contribution in [-0.4, -0.2) is 27.4 Å². The van der Waals surface area contributed by atoms with Crippen molar-refractivity contribution in [1.82, 2.24) is 20.1 Å². The zero-order valence-electron chi connectivity index (χ0n) is 7.70. The summed E-state index contributed by atoms with van der Waals surface area (Å²) >= 11 is 0. The fraction of sp³-hybridized carbons (Fsp3) is 0.750. The third-order valence-corrected chi connectivity index (χ3v) is 1.67. The van der Waals surface area contributed by atoms with Crippen molar-refractivity contribution in [1.29, 1.82) is 0 Å². The predicted octanol–water partition coefficient (Wildman–Crippen LogP) is 0.666. The maximum atomic E-state index is 4.03. The zero-order valence-corrected chi connectivity index (χ0v) is 7.70. The monoisotopic (exact) mass is 168 g/mol. The van der Waals surface area contributed by atoms with Crippen LogP contribution in [0.2, 0.25) is 0 Å². The maximum absolute atomic E-state index is 4.03. The van der Waals surface area contributed by atoms with E-state index in [9.17, 15) is 0 Å². The van der Waals surface area contributed by atoms with E-state index >= 15 is 0 Å². The summed E-state index contributed by atoms with van der Waals surface area (Å²) in [6.45, 7) is 6.27. The molecule has 0 saturated carbocycles. The molecule has 12 heavy (non-hydrogen) atoms. The Hall–Kier alpha value is -0.900. The van der Waals surface area contributed by atoms with Crippen molar-refractivity contribution in [3.05, 3.63) is 12.7 Å². The van der Waals surface area contributed by atoms with Crippen molar-refractivity contribution in [2.75, 3.05) is 6.54 Å². The first-order valence-electron chi connectivity index (χ1n) is 4.38. The highest BCUT2D eigenvalue weighted by Gasteiger charge is 2.00. The van der Waals surface area contributed by atoms with Gasteiger partial charge in [-0.3, -0.25) is 4.68 Å². The van der Waals surface area contributed by atoms with Crippen LogP contribution in [0.5, 0.6) is 0 Å². The van der Waals surface area contributed by atoms with Gasteiger partial charge in [0.25, 0.3) is 0 Å². The molecule has 0 aliphatic rings. The third-order valence-electron chi connectivity index (χ3n) is 1.67. The summed E-state index contributed by atoms with van der Waals surface area (Å²) in [6, 6.07) is 0.464. The molecule has 0 fully saturated rings. The highest BCUT2D eigenvalue weighted by molar-refractivity contribution is 4.63. The molecular weight excluding hydrogens is 152 g/mol. The lowest BCUT2D eigenvalue weighted by Gasteiger charge is -2.11. The van der Waals surface area contributed by atoms with Crippen LogP contribution >= 0.6 is 0 Å². The minimum absolute atomic E-state index is 0.464. The largest absolute Gasteiger partial charge is 0.312 e. The molecule has 1 aromatic rings. The molecule has 1 aromatic heterocycles. The van der Waals surface area contributed by atoms with Gasteiger partial charge in [-0.25, -0.2) is 4.98 Å². The lowest BCUT2D eigenvalue weighted by molar-refractivity contribution is 0.451. The molecule has 1 atom stereocenters. The number of nitrogens with zero attached hydrogens (tertiary/aromatic N) is 3. The molecule has 0 saturated heterocycles. The predicted molar refractivity (Wildman–Crippen MR) is 47.8 cm³/mol. The molecule has 4 heteroatoms. The first-order valence-corrected chi connectivity index (χ1v) is 4.38. The van der Waals surface area contributed by atoms with E-state index in [1.54, 1.807) is 12.7 Å². The number of aromatic nitrogens is 3. The highest BCUT2D eigenvalue weighted by Crippen LogP contribution is 1.88. The maximum Gasteiger partial charge on any atom is 0.137 e. The van der Waals surface area contributed by atoms with Gasteiger partial charge < -0.3 is 5.32 Å². The van der Waals surface area contributed by atoms with Gasteiger partial charge in [-0.2, -0.15) is 5.10 Å². The van der Waals surface area contributed by atoms with Crippen molar-refractivity contribution in [3.8, 4) is 0 Å². The molecule has 0 spiro atoms. The Balaban J connectivity index is 2.22. The second-order valence-corrected chi connectivity index (χ2v) is 2.97. The molecule has 0 aliphatic heterocycles. The van der Waals surface area contributed by atoms with E-state index in [2.05, 4.69) is 29.2 Å². The van der Waals surface area contributed by atoms with Crippen molar-refractivity contribution in [3.63, 3.8) is 0 Å². The van der Waals surface area contributed by atoms with E-state index in [1.807, 2.05) is 4.68 Å². The van der Waals surface area contributed by atoms with E-state index in [0.29, 0.717) is 6.04 Å². The number of hydrogen-bond donors (Lipinski definition) is 1. The Bertz CT molecular complexity index is 195. The molecule has 0 amide bonds. The van der Waals surface area contributed by atoms with Crippen LogP contribution in [0, 0.1) is 0 Å².